The quantitative estimate of drug-likeness (QED) is 0.529. The first-order chi connectivity index (χ1) is 5.22. The summed E-state index contributed by atoms with van der Waals surface area (Å²) >= 11 is 5.16. The van der Waals surface area contributed by atoms with Gasteiger partial charge in [0.25, 0.3) is 0 Å². The number of amides is 1. The van der Waals surface area contributed by atoms with E-state index >= 15 is 0 Å². The number of hydrogen-bond acceptors (Lipinski definition) is 3. The van der Waals surface area contributed by atoms with E-state index in [4.69, 9.17) is 16.8 Å². The van der Waals surface area contributed by atoms with E-state index in [2.05, 4.69) is 4.74 Å². The molecule has 0 radical (unpaired) electrons. The molecule has 0 aromatic heterocycles. The minimum Gasteiger partial charge on any atom is -0.448 e. The molecule has 0 spiro atoms. The second-order valence-corrected chi connectivity index (χ2v) is 1.89. The van der Waals surface area contributed by atoms with Crippen molar-refractivity contribution in [3.63, 3.8) is 0 Å². The van der Waals surface area contributed by atoms with Crippen LogP contribution in [-0.4, -0.2) is 29.5 Å². The highest BCUT2D eigenvalue weighted by Gasteiger charge is 2.07. The molecule has 0 saturated carbocycles. The van der Waals surface area contributed by atoms with Crippen LogP contribution >= 0.6 is 11.6 Å². The van der Waals surface area contributed by atoms with E-state index in [9.17, 15) is 4.79 Å². The molecule has 0 aromatic carbocycles. The molecule has 0 saturated heterocycles. The standard InChI is InChI=1S/C6H10ClNO3/c1-2-11-6(9)8(10)5-3-4-7/h3-4,10H,2,5H2,1H3. The van der Waals surface area contributed by atoms with Crippen LogP contribution in [-0.2, 0) is 4.74 Å². The predicted molar refractivity (Wildman–Crippen MR) is 40.5 cm³/mol. The summed E-state index contributed by atoms with van der Waals surface area (Å²) in [6.45, 7) is 1.92. The molecule has 5 heteroatoms. The molecule has 4 nitrogen and oxygen atoms in total. The minimum atomic E-state index is -0.776. The third-order valence-corrected chi connectivity index (χ3v) is 1.02. The van der Waals surface area contributed by atoms with E-state index in [1.165, 1.54) is 11.6 Å². The van der Waals surface area contributed by atoms with E-state index in [-0.39, 0.29) is 13.2 Å². The van der Waals surface area contributed by atoms with Crippen molar-refractivity contribution in [3.8, 4) is 0 Å². The Morgan fingerprint density at radius 3 is 2.91 bits per heavy atom. The lowest BCUT2D eigenvalue weighted by Crippen LogP contribution is -2.28. The predicted octanol–water partition coefficient (Wildman–Crippen LogP) is 1.59. The van der Waals surface area contributed by atoms with Crippen LogP contribution in [0, 0.1) is 0 Å². The van der Waals surface area contributed by atoms with Gasteiger partial charge in [-0.25, -0.2) is 4.79 Å². The van der Waals surface area contributed by atoms with E-state index in [0.29, 0.717) is 5.06 Å². The fourth-order valence-corrected chi connectivity index (χ4v) is 0.492. The first kappa shape index (κ1) is 10.3. The van der Waals surface area contributed by atoms with Crippen molar-refractivity contribution in [1.29, 1.82) is 0 Å². The normalized spacial score (nSPS) is 10.1. The average molecular weight is 180 g/mol. The van der Waals surface area contributed by atoms with Gasteiger partial charge in [0.05, 0.1) is 13.2 Å². The lowest BCUT2D eigenvalue weighted by Gasteiger charge is -2.10. The number of hydrogen-bond donors (Lipinski definition) is 1. The first-order valence-corrected chi connectivity index (χ1v) is 3.54. The molecule has 0 aliphatic carbocycles. The zero-order valence-corrected chi connectivity index (χ0v) is 6.91. The number of nitrogens with zero attached hydrogens (tertiary/aromatic N) is 1. The molecule has 0 unspecified atom stereocenters. The zero-order valence-electron chi connectivity index (χ0n) is 6.16. The molecular weight excluding hydrogens is 170 g/mol. The van der Waals surface area contributed by atoms with E-state index < -0.39 is 6.09 Å². The maximum Gasteiger partial charge on any atom is 0.434 e. The minimum absolute atomic E-state index is 0.0301. The van der Waals surface area contributed by atoms with E-state index in [1.807, 2.05) is 0 Å². The number of hydroxylamine groups is 2. The Morgan fingerprint density at radius 2 is 2.45 bits per heavy atom. The summed E-state index contributed by atoms with van der Waals surface area (Å²) in [5.74, 6) is 0. The maximum absolute atomic E-state index is 10.6. The molecule has 64 valence electrons. The van der Waals surface area contributed by atoms with Gasteiger partial charge in [-0.1, -0.05) is 17.7 Å². The molecule has 1 amide bonds. The molecule has 0 rings (SSSR count). The fourth-order valence-electron chi connectivity index (χ4n) is 0.412. The van der Waals surface area contributed by atoms with Gasteiger partial charge in [0.15, 0.2) is 0 Å². The number of rotatable bonds is 3. The molecule has 11 heavy (non-hydrogen) atoms. The number of halogens is 1. The zero-order chi connectivity index (χ0) is 8.69. The van der Waals surface area contributed by atoms with Gasteiger partial charge in [-0.2, -0.15) is 5.06 Å². The molecule has 0 aliphatic rings. The number of carbonyl (C=O) groups is 1. The molecular formula is C6H10ClNO3. The Kier molecular flexibility index (Phi) is 5.60. The van der Waals surface area contributed by atoms with Gasteiger partial charge in [-0.05, 0) is 6.92 Å². The molecule has 0 heterocycles. The summed E-state index contributed by atoms with van der Waals surface area (Å²) in [6.07, 6.45) is 0.639. The monoisotopic (exact) mass is 179 g/mol. The van der Waals surface area contributed by atoms with Crippen molar-refractivity contribution < 1.29 is 14.7 Å². The highest BCUT2D eigenvalue weighted by atomic mass is 35.5. The van der Waals surface area contributed by atoms with Crippen LogP contribution in [0.2, 0.25) is 0 Å². The molecule has 1 N–H and O–H groups in total. The third kappa shape index (κ3) is 4.64. The smallest absolute Gasteiger partial charge is 0.434 e. The van der Waals surface area contributed by atoms with Gasteiger partial charge in [-0.15, -0.1) is 0 Å². The molecule has 0 fully saturated rings. The van der Waals surface area contributed by atoms with E-state index in [1.54, 1.807) is 6.92 Å². The highest BCUT2D eigenvalue weighted by molar-refractivity contribution is 6.25. The summed E-state index contributed by atoms with van der Waals surface area (Å²) in [4.78, 5) is 10.6. The molecule has 0 aliphatic heterocycles. The van der Waals surface area contributed by atoms with Gasteiger partial charge in [-0.3, -0.25) is 5.21 Å². The molecule has 0 aromatic rings. The second kappa shape index (κ2) is 6.00. The third-order valence-electron chi connectivity index (χ3n) is 0.846. The Hall–Kier alpha value is -0.740. The summed E-state index contributed by atoms with van der Waals surface area (Å²) < 4.78 is 4.46. The Morgan fingerprint density at radius 1 is 1.82 bits per heavy atom. The van der Waals surface area contributed by atoms with Crippen molar-refractivity contribution in [3.05, 3.63) is 11.6 Å². The van der Waals surface area contributed by atoms with Crippen LogP contribution in [0.5, 0.6) is 0 Å². The van der Waals surface area contributed by atoms with Gasteiger partial charge < -0.3 is 4.74 Å². The summed E-state index contributed by atoms with van der Waals surface area (Å²) in [5, 5.41) is 9.26. The highest BCUT2D eigenvalue weighted by Crippen LogP contribution is 1.90. The molecule has 0 atom stereocenters. The van der Waals surface area contributed by atoms with Crippen LogP contribution in [0.25, 0.3) is 0 Å². The second-order valence-electron chi connectivity index (χ2n) is 1.64. The Balaban J connectivity index is 3.63. The van der Waals surface area contributed by atoms with Crippen molar-refractivity contribution in [2.24, 2.45) is 0 Å². The first-order valence-electron chi connectivity index (χ1n) is 3.10. The van der Waals surface area contributed by atoms with Gasteiger partial charge >= 0.3 is 6.09 Å². The van der Waals surface area contributed by atoms with Crippen LogP contribution in [0.15, 0.2) is 11.6 Å². The van der Waals surface area contributed by atoms with E-state index in [0.717, 1.165) is 0 Å². The maximum atomic E-state index is 10.6. The van der Waals surface area contributed by atoms with Crippen molar-refractivity contribution >= 4 is 17.7 Å². The average Bonchev–Trinajstić information content (AvgIpc) is 2.00. The van der Waals surface area contributed by atoms with Gasteiger partial charge in [0.1, 0.15) is 0 Å². The topological polar surface area (TPSA) is 49.8 Å². The van der Waals surface area contributed by atoms with Crippen molar-refractivity contribution in [1.82, 2.24) is 5.06 Å². The van der Waals surface area contributed by atoms with Crippen LogP contribution < -0.4 is 0 Å². The lowest BCUT2D eigenvalue weighted by molar-refractivity contribution is -0.0642. The van der Waals surface area contributed by atoms with Crippen LogP contribution in [0.1, 0.15) is 6.92 Å². The van der Waals surface area contributed by atoms with Crippen molar-refractivity contribution in [2.45, 2.75) is 6.92 Å². The van der Waals surface area contributed by atoms with Gasteiger partial charge in [0.2, 0.25) is 0 Å². The number of ether oxygens (including phenoxy) is 1. The Bertz CT molecular complexity index is 149. The number of carbonyl (C=O) groups excluding carboxylic acids is 1. The summed E-state index contributed by atoms with van der Waals surface area (Å²) in [7, 11) is 0. The van der Waals surface area contributed by atoms with Crippen LogP contribution in [0.4, 0.5) is 4.79 Å². The lowest BCUT2D eigenvalue weighted by atomic mass is 10.6. The summed E-state index contributed by atoms with van der Waals surface area (Å²) in [5.41, 5.74) is 1.21. The van der Waals surface area contributed by atoms with Gasteiger partial charge in [0, 0.05) is 5.54 Å². The summed E-state index contributed by atoms with van der Waals surface area (Å²) in [6, 6.07) is 0. The van der Waals surface area contributed by atoms with Crippen molar-refractivity contribution in [2.75, 3.05) is 13.2 Å². The Labute approximate surface area is 70.0 Å². The molecule has 0 bridgehead atoms. The SMILES string of the molecule is CCOC(=O)N(O)CC=CCl. The fraction of sp³-hybridized carbons (Fsp3) is 0.500. The largest absolute Gasteiger partial charge is 0.448 e. The van der Waals surface area contributed by atoms with Crippen LogP contribution in [0.3, 0.4) is 0 Å².